The van der Waals surface area contributed by atoms with Crippen LogP contribution >= 0.6 is 11.8 Å². The molecule has 21 heavy (non-hydrogen) atoms. The number of hydrogen-bond donors (Lipinski definition) is 2. The third-order valence-electron chi connectivity index (χ3n) is 2.76. The Hall–Kier alpha value is -2.28. The molecule has 0 spiro atoms. The number of carbonyl (C=O) groups excluding carboxylic acids is 2. The standard InChI is InChI=1S/C14H16N4O2S/c1-10(12(19)17-13(20)15-2)21-14-16-8-9-18(14)11-6-4-3-5-7-11/h3-10H,1-2H3,(H2,15,17,19,20)/t10-/m0/s1. The molecular weight excluding hydrogens is 288 g/mol. The summed E-state index contributed by atoms with van der Waals surface area (Å²) in [6.45, 7) is 1.73. The summed E-state index contributed by atoms with van der Waals surface area (Å²) >= 11 is 1.29. The van der Waals surface area contributed by atoms with Crippen molar-refractivity contribution in [1.29, 1.82) is 0 Å². The van der Waals surface area contributed by atoms with Crippen molar-refractivity contribution in [3.8, 4) is 5.69 Å². The number of urea groups is 1. The Kier molecular flexibility index (Phi) is 4.99. The summed E-state index contributed by atoms with van der Waals surface area (Å²) < 4.78 is 1.90. The first-order chi connectivity index (χ1) is 10.1. The summed E-state index contributed by atoms with van der Waals surface area (Å²) in [6.07, 6.45) is 3.51. The van der Waals surface area contributed by atoms with Gasteiger partial charge in [-0.15, -0.1) is 0 Å². The molecule has 0 aliphatic rings. The lowest BCUT2D eigenvalue weighted by Crippen LogP contribution is -2.41. The van der Waals surface area contributed by atoms with E-state index in [1.807, 2.05) is 41.1 Å². The molecule has 0 saturated heterocycles. The average Bonchev–Trinajstić information content (AvgIpc) is 2.96. The number of amides is 3. The molecule has 1 aromatic heterocycles. The van der Waals surface area contributed by atoms with Crippen molar-refractivity contribution in [3.05, 3.63) is 42.7 Å². The SMILES string of the molecule is CNC(=O)NC(=O)[C@H](C)Sc1nccn1-c1ccccc1. The fraction of sp³-hybridized carbons (Fsp3) is 0.214. The second kappa shape index (κ2) is 6.94. The number of benzene rings is 1. The minimum absolute atomic E-state index is 0.359. The van der Waals surface area contributed by atoms with Crippen molar-refractivity contribution in [3.63, 3.8) is 0 Å². The predicted molar refractivity (Wildman–Crippen MR) is 81.5 cm³/mol. The zero-order valence-electron chi connectivity index (χ0n) is 11.7. The van der Waals surface area contributed by atoms with Crippen LogP contribution < -0.4 is 10.6 Å². The smallest absolute Gasteiger partial charge is 0.321 e. The highest BCUT2D eigenvalue weighted by Gasteiger charge is 2.19. The quantitative estimate of drug-likeness (QED) is 0.845. The summed E-state index contributed by atoms with van der Waals surface area (Å²) in [5.41, 5.74) is 0.969. The van der Waals surface area contributed by atoms with E-state index in [2.05, 4.69) is 15.6 Å². The van der Waals surface area contributed by atoms with Gasteiger partial charge in [-0.05, 0) is 19.1 Å². The Morgan fingerprint density at radius 1 is 1.29 bits per heavy atom. The molecule has 1 atom stereocenters. The van der Waals surface area contributed by atoms with E-state index in [1.54, 1.807) is 13.1 Å². The monoisotopic (exact) mass is 304 g/mol. The van der Waals surface area contributed by atoms with Crippen LogP contribution in [0.4, 0.5) is 4.79 Å². The summed E-state index contributed by atoms with van der Waals surface area (Å²) in [7, 11) is 1.46. The first kappa shape index (κ1) is 15.1. The molecule has 0 radical (unpaired) electrons. The van der Waals surface area contributed by atoms with Crippen molar-refractivity contribution in [2.45, 2.75) is 17.3 Å². The fourth-order valence-electron chi connectivity index (χ4n) is 1.65. The molecule has 0 saturated carbocycles. The molecule has 3 amide bonds. The lowest BCUT2D eigenvalue weighted by atomic mass is 10.3. The van der Waals surface area contributed by atoms with Gasteiger partial charge in [-0.3, -0.25) is 14.7 Å². The van der Waals surface area contributed by atoms with Gasteiger partial charge in [-0.2, -0.15) is 0 Å². The number of imide groups is 1. The summed E-state index contributed by atoms with van der Waals surface area (Å²) in [5, 5.41) is 4.86. The van der Waals surface area contributed by atoms with E-state index in [1.165, 1.54) is 18.8 Å². The number of rotatable bonds is 4. The second-order valence-corrected chi connectivity index (χ2v) is 5.55. The maximum absolute atomic E-state index is 11.9. The van der Waals surface area contributed by atoms with Crippen LogP contribution in [0.2, 0.25) is 0 Å². The van der Waals surface area contributed by atoms with Crippen molar-refractivity contribution in [2.75, 3.05) is 7.05 Å². The van der Waals surface area contributed by atoms with Gasteiger partial charge in [0.1, 0.15) is 0 Å². The highest BCUT2D eigenvalue weighted by Crippen LogP contribution is 2.24. The topological polar surface area (TPSA) is 76.0 Å². The maximum atomic E-state index is 11.9. The normalized spacial score (nSPS) is 11.7. The highest BCUT2D eigenvalue weighted by atomic mass is 32.2. The molecule has 0 fully saturated rings. The molecule has 0 bridgehead atoms. The molecule has 110 valence electrons. The number of para-hydroxylation sites is 1. The lowest BCUT2D eigenvalue weighted by molar-refractivity contribution is -0.119. The first-order valence-electron chi connectivity index (χ1n) is 6.40. The Labute approximate surface area is 126 Å². The van der Waals surface area contributed by atoms with Crippen LogP contribution in [0.25, 0.3) is 5.69 Å². The highest BCUT2D eigenvalue weighted by molar-refractivity contribution is 8.00. The van der Waals surface area contributed by atoms with E-state index in [4.69, 9.17) is 0 Å². The summed E-state index contributed by atoms with van der Waals surface area (Å²) in [5.74, 6) is -0.359. The van der Waals surface area contributed by atoms with Gasteiger partial charge in [0, 0.05) is 25.1 Å². The van der Waals surface area contributed by atoms with Crippen LogP contribution in [0.3, 0.4) is 0 Å². The van der Waals surface area contributed by atoms with Gasteiger partial charge in [-0.1, -0.05) is 30.0 Å². The molecule has 2 N–H and O–H groups in total. The summed E-state index contributed by atoms with van der Waals surface area (Å²) in [4.78, 5) is 27.3. The van der Waals surface area contributed by atoms with E-state index in [9.17, 15) is 9.59 Å². The van der Waals surface area contributed by atoms with Gasteiger partial charge in [-0.25, -0.2) is 9.78 Å². The van der Waals surface area contributed by atoms with Crippen LogP contribution in [0, 0.1) is 0 Å². The van der Waals surface area contributed by atoms with E-state index >= 15 is 0 Å². The Morgan fingerprint density at radius 2 is 2.00 bits per heavy atom. The van der Waals surface area contributed by atoms with Crippen LogP contribution in [0.15, 0.2) is 47.9 Å². The summed E-state index contributed by atoms with van der Waals surface area (Å²) in [6, 6.07) is 9.21. The van der Waals surface area contributed by atoms with Gasteiger partial charge in [0.15, 0.2) is 5.16 Å². The minimum Gasteiger partial charge on any atom is -0.341 e. The molecule has 2 rings (SSSR count). The van der Waals surface area contributed by atoms with Gasteiger partial charge in [0.05, 0.1) is 5.25 Å². The second-order valence-electron chi connectivity index (χ2n) is 4.24. The molecule has 0 unspecified atom stereocenters. The zero-order chi connectivity index (χ0) is 15.2. The van der Waals surface area contributed by atoms with Gasteiger partial charge in [0.2, 0.25) is 5.91 Å². The number of aromatic nitrogens is 2. The Balaban J connectivity index is 2.09. The van der Waals surface area contributed by atoms with E-state index in [-0.39, 0.29) is 5.91 Å². The number of nitrogens with one attached hydrogen (secondary N) is 2. The molecule has 0 aliphatic carbocycles. The molecule has 0 aliphatic heterocycles. The van der Waals surface area contributed by atoms with Crippen LogP contribution in [-0.2, 0) is 4.79 Å². The fourth-order valence-corrected chi connectivity index (χ4v) is 2.53. The maximum Gasteiger partial charge on any atom is 0.321 e. The number of imidazole rings is 1. The number of thioether (sulfide) groups is 1. The minimum atomic E-state index is -0.515. The van der Waals surface area contributed by atoms with Gasteiger partial charge in [0.25, 0.3) is 0 Å². The number of hydrogen-bond acceptors (Lipinski definition) is 4. The molecule has 2 aromatic rings. The van der Waals surface area contributed by atoms with Crippen LogP contribution in [0.5, 0.6) is 0 Å². The largest absolute Gasteiger partial charge is 0.341 e. The Bertz CT molecular complexity index is 627. The van der Waals surface area contributed by atoms with Crippen molar-refractivity contribution < 1.29 is 9.59 Å². The van der Waals surface area contributed by atoms with Crippen molar-refractivity contribution in [1.82, 2.24) is 20.2 Å². The van der Waals surface area contributed by atoms with E-state index in [0.717, 1.165) is 5.69 Å². The molecule has 1 heterocycles. The molecule has 6 nitrogen and oxygen atoms in total. The molecule has 1 aromatic carbocycles. The lowest BCUT2D eigenvalue weighted by Gasteiger charge is -2.12. The van der Waals surface area contributed by atoms with E-state index < -0.39 is 11.3 Å². The van der Waals surface area contributed by atoms with Crippen molar-refractivity contribution >= 4 is 23.7 Å². The third kappa shape index (κ3) is 3.85. The van der Waals surface area contributed by atoms with Crippen LogP contribution in [-0.4, -0.2) is 33.8 Å². The van der Waals surface area contributed by atoms with Gasteiger partial charge < -0.3 is 5.32 Å². The predicted octanol–water partition coefficient (Wildman–Crippen LogP) is 1.81. The first-order valence-corrected chi connectivity index (χ1v) is 7.27. The van der Waals surface area contributed by atoms with Gasteiger partial charge >= 0.3 is 6.03 Å². The third-order valence-corrected chi connectivity index (χ3v) is 3.84. The Morgan fingerprint density at radius 3 is 2.67 bits per heavy atom. The van der Waals surface area contributed by atoms with E-state index in [0.29, 0.717) is 5.16 Å². The van der Waals surface area contributed by atoms with Crippen LogP contribution in [0.1, 0.15) is 6.92 Å². The number of carbonyl (C=O) groups is 2. The number of nitrogens with zero attached hydrogens (tertiary/aromatic N) is 2. The molecular formula is C14H16N4O2S. The zero-order valence-corrected chi connectivity index (χ0v) is 12.6. The molecule has 7 heteroatoms. The van der Waals surface area contributed by atoms with Crippen molar-refractivity contribution in [2.24, 2.45) is 0 Å². The average molecular weight is 304 g/mol.